The average Bonchev–Trinajstić information content (AvgIpc) is 1.96. The van der Waals surface area contributed by atoms with Crippen LogP contribution in [-0.2, 0) is 9.59 Å². The van der Waals surface area contributed by atoms with Crippen LogP contribution < -0.4 is 10.2 Å². The number of carboxylic acid groups (broad SMARTS) is 2. The maximum atomic E-state index is 10.3. The van der Waals surface area contributed by atoms with E-state index in [1.807, 2.05) is 6.92 Å². The van der Waals surface area contributed by atoms with E-state index >= 15 is 0 Å². The van der Waals surface area contributed by atoms with E-state index in [9.17, 15) is 19.8 Å². The molecule has 0 aliphatic rings. The van der Waals surface area contributed by atoms with Crippen LogP contribution >= 0.6 is 0 Å². The summed E-state index contributed by atoms with van der Waals surface area (Å²) in [5, 5.41) is 20.4. The van der Waals surface area contributed by atoms with Crippen molar-refractivity contribution in [2.45, 2.75) is 32.6 Å². The van der Waals surface area contributed by atoms with Crippen LogP contribution in [0.5, 0.6) is 0 Å². The third-order valence-electron chi connectivity index (χ3n) is 1.65. The van der Waals surface area contributed by atoms with Crippen LogP contribution in [0.4, 0.5) is 0 Å². The van der Waals surface area contributed by atoms with Crippen LogP contribution in [0.1, 0.15) is 32.6 Å². The second-order valence-electron chi connectivity index (χ2n) is 2.73. The predicted molar refractivity (Wildman–Crippen MR) is 45.3 cm³/mol. The number of aliphatic carboxylic acids is 2. The van der Waals surface area contributed by atoms with Crippen LogP contribution in [0.25, 0.3) is 0 Å². The maximum Gasteiger partial charge on any atom is 3.00 e. The Bertz CT molecular complexity index is 171. The van der Waals surface area contributed by atoms with Crippen molar-refractivity contribution in [2.75, 3.05) is 0 Å². The van der Waals surface area contributed by atoms with E-state index in [1.165, 1.54) is 0 Å². The molecule has 0 rings (SSSR count). The summed E-state index contributed by atoms with van der Waals surface area (Å²) >= 11 is 0. The zero-order valence-electron chi connectivity index (χ0n) is 8.06. The van der Waals surface area contributed by atoms with Gasteiger partial charge in [-0.05, 0) is 12.8 Å². The summed E-state index contributed by atoms with van der Waals surface area (Å²) in [4.78, 5) is 20.4. The summed E-state index contributed by atoms with van der Waals surface area (Å²) in [6, 6.07) is 0. The van der Waals surface area contributed by atoms with Gasteiger partial charge in [0.25, 0.3) is 0 Å². The summed E-state index contributed by atoms with van der Waals surface area (Å²) < 4.78 is 0. The molecule has 0 saturated heterocycles. The Kier molecular flexibility index (Phi) is 14.3. The molecule has 0 aromatic carbocycles. The summed E-state index contributed by atoms with van der Waals surface area (Å²) in [5.74, 6) is -3.53. The first-order valence-corrected chi connectivity index (χ1v) is 3.98. The Morgan fingerprint density at radius 3 is 2.07 bits per heavy atom. The van der Waals surface area contributed by atoms with Crippen molar-refractivity contribution in [2.24, 2.45) is 5.92 Å². The number of carbonyl (C=O) groups excluding carboxylic acids is 2. The fraction of sp³-hybridized carbons (Fsp3) is 0.750. The Morgan fingerprint density at radius 2 is 1.79 bits per heavy atom. The SMILES string of the molecule is CCCCC(CC(=O)[O-])C(=O)[O-].[Al+3].[OH-]. The minimum absolute atomic E-state index is 0. The van der Waals surface area contributed by atoms with Gasteiger partial charge in [0.1, 0.15) is 0 Å². The molecule has 0 amide bonds. The smallest absolute Gasteiger partial charge is 0.870 e. The normalized spacial score (nSPS) is 10.6. The van der Waals surface area contributed by atoms with E-state index in [0.717, 1.165) is 6.42 Å². The van der Waals surface area contributed by atoms with Crippen molar-refractivity contribution >= 4 is 29.3 Å². The van der Waals surface area contributed by atoms with Gasteiger partial charge in [0.15, 0.2) is 0 Å². The average molecular weight is 216 g/mol. The molecule has 0 radical (unpaired) electrons. The van der Waals surface area contributed by atoms with Gasteiger partial charge in [-0.2, -0.15) is 0 Å². The monoisotopic (exact) mass is 216 g/mol. The van der Waals surface area contributed by atoms with Gasteiger partial charge in [0, 0.05) is 17.9 Å². The molecular formula is C8H13AlO5. The molecule has 1 N–H and O–H groups in total. The topological polar surface area (TPSA) is 110 Å². The van der Waals surface area contributed by atoms with Crippen LogP contribution in [0.3, 0.4) is 0 Å². The molecule has 0 heterocycles. The third-order valence-corrected chi connectivity index (χ3v) is 1.65. The van der Waals surface area contributed by atoms with E-state index in [0.29, 0.717) is 12.8 Å². The molecule has 5 nitrogen and oxygen atoms in total. The Labute approximate surface area is 93.6 Å². The van der Waals surface area contributed by atoms with E-state index < -0.39 is 24.3 Å². The molecule has 78 valence electrons. The quantitative estimate of drug-likeness (QED) is 0.483. The van der Waals surface area contributed by atoms with Gasteiger partial charge in [0.2, 0.25) is 0 Å². The van der Waals surface area contributed by atoms with Crippen LogP contribution in [0, 0.1) is 5.92 Å². The van der Waals surface area contributed by atoms with Gasteiger partial charge in [-0.15, -0.1) is 0 Å². The second kappa shape index (κ2) is 10.5. The molecule has 14 heavy (non-hydrogen) atoms. The molecule has 0 aromatic rings. The van der Waals surface area contributed by atoms with Crippen molar-refractivity contribution in [1.82, 2.24) is 0 Å². The number of rotatable bonds is 6. The molecule has 0 fully saturated rings. The molecule has 0 aliphatic carbocycles. The first-order chi connectivity index (χ1) is 5.57. The van der Waals surface area contributed by atoms with E-state index in [2.05, 4.69) is 0 Å². The summed E-state index contributed by atoms with van der Waals surface area (Å²) in [6.45, 7) is 1.91. The fourth-order valence-electron chi connectivity index (χ4n) is 0.955. The number of unbranched alkanes of at least 4 members (excludes halogenated alkanes) is 1. The molecule has 6 heteroatoms. The fourth-order valence-corrected chi connectivity index (χ4v) is 0.955. The Balaban J connectivity index is -0.000000605. The van der Waals surface area contributed by atoms with E-state index in [4.69, 9.17) is 0 Å². The number of carboxylic acids is 2. The molecule has 1 unspecified atom stereocenters. The van der Waals surface area contributed by atoms with Gasteiger partial charge in [-0.1, -0.05) is 19.8 Å². The van der Waals surface area contributed by atoms with Crippen LogP contribution in [-0.4, -0.2) is 34.8 Å². The molecule has 0 saturated carbocycles. The zero-order valence-corrected chi connectivity index (χ0v) is 9.22. The van der Waals surface area contributed by atoms with Gasteiger partial charge < -0.3 is 25.3 Å². The van der Waals surface area contributed by atoms with Gasteiger partial charge in [-0.3, -0.25) is 0 Å². The van der Waals surface area contributed by atoms with E-state index in [-0.39, 0.29) is 22.8 Å². The molecule has 1 atom stereocenters. The molecule has 0 aromatic heterocycles. The largest absolute Gasteiger partial charge is 3.00 e. The van der Waals surface area contributed by atoms with Gasteiger partial charge in [0.05, 0.1) is 0 Å². The van der Waals surface area contributed by atoms with Crippen molar-refractivity contribution in [3.63, 3.8) is 0 Å². The van der Waals surface area contributed by atoms with Gasteiger partial charge in [-0.25, -0.2) is 0 Å². The van der Waals surface area contributed by atoms with Crippen molar-refractivity contribution in [3.8, 4) is 0 Å². The predicted octanol–water partition coefficient (Wildman–Crippen LogP) is -1.87. The first kappa shape index (κ1) is 19.1. The molecule has 0 spiro atoms. The minimum Gasteiger partial charge on any atom is -0.870 e. The van der Waals surface area contributed by atoms with Crippen molar-refractivity contribution in [3.05, 3.63) is 0 Å². The van der Waals surface area contributed by atoms with Crippen LogP contribution in [0.2, 0.25) is 0 Å². The second-order valence-corrected chi connectivity index (χ2v) is 2.73. The van der Waals surface area contributed by atoms with E-state index in [1.54, 1.807) is 0 Å². The Morgan fingerprint density at radius 1 is 1.29 bits per heavy atom. The summed E-state index contributed by atoms with van der Waals surface area (Å²) in [5.41, 5.74) is 0. The maximum absolute atomic E-state index is 10.3. The Hall–Kier alpha value is -0.568. The number of carbonyl (C=O) groups is 2. The summed E-state index contributed by atoms with van der Waals surface area (Å²) in [7, 11) is 0. The number of hydrogen-bond donors (Lipinski definition) is 0. The third kappa shape index (κ3) is 9.52. The summed E-state index contributed by atoms with van der Waals surface area (Å²) in [6.07, 6.45) is 1.46. The molecule has 0 aliphatic heterocycles. The molecular weight excluding hydrogens is 203 g/mol. The number of hydrogen-bond acceptors (Lipinski definition) is 5. The first-order valence-electron chi connectivity index (χ1n) is 3.98. The van der Waals surface area contributed by atoms with Gasteiger partial charge >= 0.3 is 17.4 Å². The molecule has 0 bridgehead atoms. The minimum atomic E-state index is -1.33. The van der Waals surface area contributed by atoms with Crippen molar-refractivity contribution < 1.29 is 25.3 Å². The van der Waals surface area contributed by atoms with Crippen molar-refractivity contribution in [1.29, 1.82) is 0 Å². The zero-order chi connectivity index (χ0) is 9.56. The standard InChI is InChI=1S/C8H14O4.Al.H2O/c1-2-3-4-6(8(11)12)5-7(9)10;;/h6H,2-5H2,1H3,(H,9,10)(H,11,12);;1H2/q;+3;/p-3. The van der Waals surface area contributed by atoms with Crippen LogP contribution in [0.15, 0.2) is 0 Å².